The Morgan fingerprint density at radius 2 is 2.29 bits per heavy atom. The lowest BCUT2D eigenvalue weighted by Crippen LogP contribution is -2.23. The van der Waals surface area contributed by atoms with Gasteiger partial charge in [-0.2, -0.15) is 14.6 Å². The summed E-state index contributed by atoms with van der Waals surface area (Å²) in [7, 11) is -3.47. The van der Waals surface area contributed by atoms with Gasteiger partial charge >= 0.3 is 0 Å². The normalized spacial score (nSPS) is 11.9. The van der Waals surface area contributed by atoms with E-state index in [2.05, 4.69) is 20.4 Å². The van der Waals surface area contributed by atoms with E-state index >= 15 is 0 Å². The molecule has 2 aromatic rings. The van der Waals surface area contributed by atoms with Crippen molar-refractivity contribution in [1.82, 2.24) is 19.6 Å². The third-order valence-electron chi connectivity index (χ3n) is 2.07. The van der Waals surface area contributed by atoms with Gasteiger partial charge in [-0.25, -0.2) is 18.5 Å². The number of aryl methyl sites for hydroxylation is 1. The molecule has 2 rings (SSSR count). The lowest BCUT2D eigenvalue weighted by molar-refractivity contribution is 0.598. The first-order chi connectivity index (χ1) is 7.96. The number of nitrogens with two attached hydrogens (primary N) is 1. The number of fused-ring (bicyclic) bond motifs is 1. The Kier molecular flexibility index (Phi) is 2.94. The molecule has 2 aromatic heterocycles. The molecule has 0 radical (unpaired) electrons. The monoisotopic (exact) mass is 256 g/mol. The Hall–Kier alpha value is -1.74. The first-order valence-electron chi connectivity index (χ1n) is 4.87. The topological polar surface area (TPSA) is 115 Å². The van der Waals surface area contributed by atoms with E-state index in [-0.39, 0.29) is 12.3 Å². The quantitative estimate of drug-likeness (QED) is 0.735. The minimum atomic E-state index is -3.47. The zero-order valence-electron chi connectivity index (χ0n) is 9.16. The molecule has 0 saturated heterocycles. The van der Waals surface area contributed by atoms with Crippen LogP contribution in [0.25, 0.3) is 5.78 Å². The number of rotatable bonds is 4. The highest BCUT2D eigenvalue weighted by atomic mass is 32.2. The summed E-state index contributed by atoms with van der Waals surface area (Å²) in [6.45, 7) is 2.02. The van der Waals surface area contributed by atoms with E-state index in [0.29, 0.717) is 11.6 Å². The molecule has 9 heteroatoms. The molecule has 92 valence electrons. The van der Waals surface area contributed by atoms with Gasteiger partial charge in [0.05, 0.1) is 5.75 Å². The predicted octanol–water partition coefficient (Wildman–Crippen LogP) is -0.867. The van der Waals surface area contributed by atoms with Crippen LogP contribution in [-0.2, 0) is 10.0 Å². The summed E-state index contributed by atoms with van der Waals surface area (Å²) >= 11 is 0. The number of anilines is 1. The number of hydrogen-bond donors (Lipinski definition) is 2. The van der Waals surface area contributed by atoms with E-state index in [1.54, 1.807) is 6.07 Å². The Labute approximate surface area is 97.9 Å². The van der Waals surface area contributed by atoms with Crippen LogP contribution in [0.15, 0.2) is 12.4 Å². The highest BCUT2D eigenvalue weighted by molar-refractivity contribution is 7.89. The molecule has 0 saturated carbocycles. The van der Waals surface area contributed by atoms with Crippen molar-refractivity contribution in [1.29, 1.82) is 0 Å². The van der Waals surface area contributed by atoms with E-state index in [4.69, 9.17) is 5.14 Å². The van der Waals surface area contributed by atoms with Crippen LogP contribution >= 0.6 is 0 Å². The molecule has 0 fully saturated rings. The Balaban J connectivity index is 2.20. The van der Waals surface area contributed by atoms with Crippen LogP contribution in [0, 0.1) is 6.92 Å². The summed E-state index contributed by atoms with van der Waals surface area (Å²) in [5.74, 6) is 0.946. The van der Waals surface area contributed by atoms with Gasteiger partial charge in [-0.3, -0.25) is 0 Å². The fourth-order valence-corrected chi connectivity index (χ4v) is 1.76. The van der Waals surface area contributed by atoms with Gasteiger partial charge in [0.1, 0.15) is 12.1 Å². The van der Waals surface area contributed by atoms with Crippen molar-refractivity contribution in [2.24, 2.45) is 5.14 Å². The van der Waals surface area contributed by atoms with Crippen molar-refractivity contribution in [2.75, 3.05) is 17.6 Å². The first-order valence-corrected chi connectivity index (χ1v) is 6.59. The average Bonchev–Trinajstić information content (AvgIpc) is 2.63. The second-order valence-electron chi connectivity index (χ2n) is 3.55. The third kappa shape index (κ3) is 2.88. The lowest BCUT2D eigenvalue weighted by Gasteiger charge is -2.07. The van der Waals surface area contributed by atoms with E-state index in [1.807, 2.05) is 6.92 Å². The molecule has 0 unspecified atom stereocenters. The molecule has 8 nitrogen and oxygen atoms in total. The smallest absolute Gasteiger partial charge is 0.254 e. The SMILES string of the molecule is Cc1cc(NCCS(N)(=O)=O)n2ncnc2n1. The van der Waals surface area contributed by atoms with E-state index < -0.39 is 10.0 Å². The maximum absolute atomic E-state index is 10.8. The molecule has 0 aliphatic carbocycles. The van der Waals surface area contributed by atoms with Crippen molar-refractivity contribution in [3.05, 3.63) is 18.1 Å². The van der Waals surface area contributed by atoms with Gasteiger partial charge in [-0.05, 0) is 6.92 Å². The van der Waals surface area contributed by atoms with Crippen LogP contribution in [0.5, 0.6) is 0 Å². The number of primary sulfonamides is 1. The van der Waals surface area contributed by atoms with Crippen molar-refractivity contribution in [3.8, 4) is 0 Å². The zero-order chi connectivity index (χ0) is 12.5. The largest absolute Gasteiger partial charge is 0.369 e. The Morgan fingerprint density at radius 3 is 3.00 bits per heavy atom. The van der Waals surface area contributed by atoms with E-state index in [9.17, 15) is 8.42 Å². The highest BCUT2D eigenvalue weighted by Gasteiger charge is 2.06. The molecule has 0 aliphatic rings. The molecule has 0 bridgehead atoms. The summed E-state index contributed by atoms with van der Waals surface area (Å²) < 4.78 is 23.1. The molecule has 0 aromatic carbocycles. The van der Waals surface area contributed by atoms with Gasteiger partial charge in [0.25, 0.3) is 5.78 Å². The van der Waals surface area contributed by atoms with Crippen molar-refractivity contribution >= 4 is 21.6 Å². The van der Waals surface area contributed by atoms with Gasteiger partial charge in [0, 0.05) is 18.3 Å². The average molecular weight is 256 g/mol. The summed E-state index contributed by atoms with van der Waals surface area (Å²) in [4.78, 5) is 8.11. The fraction of sp³-hybridized carbons (Fsp3) is 0.375. The number of sulfonamides is 1. The standard InChI is InChI=1S/C8H12N6O2S/c1-6-4-7(10-2-3-17(9,15)16)14-8(13-6)11-5-12-14/h4-5,10H,2-3H2,1H3,(H2,9,15,16). The van der Waals surface area contributed by atoms with E-state index in [0.717, 1.165) is 5.69 Å². The highest BCUT2D eigenvalue weighted by Crippen LogP contribution is 2.09. The second kappa shape index (κ2) is 4.26. The molecular formula is C8H12N6O2S. The number of nitrogens with one attached hydrogen (secondary N) is 1. The van der Waals surface area contributed by atoms with Gasteiger partial charge in [-0.1, -0.05) is 0 Å². The fourth-order valence-electron chi connectivity index (χ4n) is 1.38. The first kappa shape index (κ1) is 11.7. The van der Waals surface area contributed by atoms with Crippen LogP contribution in [0.2, 0.25) is 0 Å². The van der Waals surface area contributed by atoms with Crippen LogP contribution in [0.4, 0.5) is 5.82 Å². The molecule has 0 aliphatic heterocycles. The number of aromatic nitrogens is 4. The van der Waals surface area contributed by atoms with Gasteiger partial charge in [-0.15, -0.1) is 0 Å². The van der Waals surface area contributed by atoms with Crippen LogP contribution in [0.1, 0.15) is 5.69 Å². The summed E-state index contributed by atoms with van der Waals surface area (Å²) in [5, 5.41) is 11.8. The maximum Gasteiger partial charge on any atom is 0.254 e. The number of hydrogen-bond acceptors (Lipinski definition) is 6. The van der Waals surface area contributed by atoms with Crippen LogP contribution in [0.3, 0.4) is 0 Å². The predicted molar refractivity (Wildman–Crippen MR) is 62.0 cm³/mol. The second-order valence-corrected chi connectivity index (χ2v) is 5.28. The van der Waals surface area contributed by atoms with Crippen molar-refractivity contribution in [2.45, 2.75) is 6.92 Å². The van der Waals surface area contributed by atoms with Gasteiger partial charge < -0.3 is 5.32 Å². The molecule has 3 N–H and O–H groups in total. The minimum absolute atomic E-state index is 0.148. The van der Waals surface area contributed by atoms with Gasteiger partial charge in [0.2, 0.25) is 10.0 Å². The van der Waals surface area contributed by atoms with Crippen LogP contribution in [-0.4, -0.2) is 40.3 Å². The Morgan fingerprint density at radius 1 is 1.53 bits per heavy atom. The molecule has 0 spiro atoms. The molecule has 17 heavy (non-hydrogen) atoms. The minimum Gasteiger partial charge on any atom is -0.369 e. The zero-order valence-corrected chi connectivity index (χ0v) is 9.98. The molecule has 2 heterocycles. The maximum atomic E-state index is 10.8. The Bertz CT molecular complexity index is 635. The van der Waals surface area contributed by atoms with E-state index in [1.165, 1.54) is 10.8 Å². The van der Waals surface area contributed by atoms with Crippen LogP contribution < -0.4 is 10.5 Å². The summed E-state index contributed by atoms with van der Waals surface area (Å²) in [6, 6.07) is 1.75. The molecule has 0 amide bonds. The molecular weight excluding hydrogens is 244 g/mol. The lowest BCUT2D eigenvalue weighted by atomic mass is 10.4. The molecule has 0 atom stereocenters. The van der Waals surface area contributed by atoms with Crippen molar-refractivity contribution < 1.29 is 8.42 Å². The third-order valence-corrected chi connectivity index (χ3v) is 2.85. The number of nitrogens with zero attached hydrogens (tertiary/aromatic N) is 4. The summed E-state index contributed by atoms with van der Waals surface area (Å²) in [6.07, 6.45) is 1.38. The summed E-state index contributed by atoms with van der Waals surface area (Å²) in [5.41, 5.74) is 0.767. The van der Waals surface area contributed by atoms with Crippen molar-refractivity contribution in [3.63, 3.8) is 0 Å². The van der Waals surface area contributed by atoms with Gasteiger partial charge in [0.15, 0.2) is 0 Å².